The molecule has 0 aromatic heterocycles. The molecule has 0 bridgehead atoms. The number of phenols is 1. The van der Waals surface area contributed by atoms with Crippen molar-refractivity contribution < 1.29 is 19.1 Å². The molecule has 0 saturated carbocycles. The minimum atomic E-state index is -2.20. The standard InChI is InChI=1S/C19H23ClFN3O3/c1-18(2,3)24-17(27)16-19(4,21)14(7-8-22-16)23-15(26)10-11-9-12(20)5-6-13(11)25/h5-9,16,25H,10H2,1-4H3,(H,23,26)(H,24,27). The molecule has 6 nitrogen and oxygen atoms in total. The third-order valence-corrected chi connectivity index (χ3v) is 4.16. The van der Waals surface area contributed by atoms with E-state index in [0.717, 1.165) is 0 Å². The summed E-state index contributed by atoms with van der Waals surface area (Å²) in [5.41, 5.74) is -2.50. The van der Waals surface area contributed by atoms with Crippen LogP contribution in [0.25, 0.3) is 0 Å². The first-order valence-corrected chi connectivity index (χ1v) is 8.80. The molecule has 1 heterocycles. The fourth-order valence-corrected chi connectivity index (χ4v) is 2.83. The molecular formula is C19H23ClFN3O3. The summed E-state index contributed by atoms with van der Waals surface area (Å²) in [5, 5.41) is 15.3. The van der Waals surface area contributed by atoms with Crippen LogP contribution in [-0.2, 0) is 16.0 Å². The second-order valence-corrected chi connectivity index (χ2v) is 8.03. The Bertz CT molecular complexity index is 813. The van der Waals surface area contributed by atoms with Crippen molar-refractivity contribution in [3.63, 3.8) is 0 Å². The van der Waals surface area contributed by atoms with Gasteiger partial charge in [0.05, 0.1) is 12.1 Å². The number of rotatable bonds is 4. The van der Waals surface area contributed by atoms with E-state index in [0.29, 0.717) is 10.6 Å². The molecule has 2 unspecified atom stereocenters. The van der Waals surface area contributed by atoms with E-state index in [-0.39, 0.29) is 17.9 Å². The molecule has 0 saturated heterocycles. The van der Waals surface area contributed by atoms with Crippen LogP contribution >= 0.6 is 11.6 Å². The van der Waals surface area contributed by atoms with Gasteiger partial charge in [-0.3, -0.25) is 14.6 Å². The molecule has 0 aliphatic carbocycles. The first-order valence-electron chi connectivity index (χ1n) is 8.42. The highest BCUT2D eigenvalue weighted by Crippen LogP contribution is 2.29. The van der Waals surface area contributed by atoms with Gasteiger partial charge in [-0.2, -0.15) is 0 Å². The predicted octanol–water partition coefficient (Wildman–Crippen LogP) is 2.68. The third-order valence-electron chi connectivity index (χ3n) is 3.93. The number of carbonyl (C=O) groups excluding carboxylic acids is 2. The van der Waals surface area contributed by atoms with Crippen LogP contribution in [0, 0.1) is 0 Å². The van der Waals surface area contributed by atoms with Crippen molar-refractivity contribution in [3.8, 4) is 5.75 Å². The number of alkyl halides is 1. The van der Waals surface area contributed by atoms with E-state index in [1.165, 1.54) is 37.4 Å². The van der Waals surface area contributed by atoms with Crippen LogP contribution < -0.4 is 10.6 Å². The molecule has 27 heavy (non-hydrogen) atoms. The maximum atomic E-state index is 15.3. The van der Waals surface area contributed by atoms with E-state index < -0.39 is 29.1 Å². The predicted molar refractivity (Wildman–Crippen MR) is 103 cm³/mol. The summed E-state index contributed by atoms with van der Waals surface area (Å²) in [6.07, 6.45) is 2.41. The van der Waals surface area contributed by atoms with Gasteiger partial charge >= 0.3 is 0 Å². The van der Waals surface area contributed by atoms with Crippen LogP contribution in [0.5, 0.6) is 5.75 Å². The molecule has 0 spiro atoms. The van der Waals surface area contributed by atoms with Gasteiger partial charge in [-0.15, -0.1) is 0 Å². The number of hydrogen-bond donors (Lipinski definition) is 3. The van der Waals surface area contributed by atoms with Crippen molar-refractivity contribution in [1.82, 2.24) is 10.6 Å². The Morgan fingerprint density at radius 3 is 2.67 bits per heavy atom. The van der Waals surface area contributed by atoms with Crippen LogP contribution in [0.15, 0.2) is 35.0 Å². The molecule has 2 rings (SSSR count). The molecule has 146 valence electrons. The van der Waals surface area contributed by atoms with Crippen molar-refractivity contribution in [2.45, 2.75) is 51.4 Å². The monoisotopic (exact) mass is 395 g/mol. The maximum absolute atomic E-state index is 15.3. The number of halogens is 2. The van der Waals surface area contributed by atoms with E-state index in [1.54, 1.807) is 20.8 Å². The number of hydrogen-bond acceptors (Lipinski definition) is 4. The highest BCUT2D eigenvalue weighted by Gasteiger charge is 2.45. The first kappa shape index (κ1) is 20.9. The Balaban J connectivity index is 2.12. The van der Waals surface area contributed by atoms with Crippen molar-refractivity contribution in [2.24, 2.45) is 4.99 Å². The number of amides is 2. The summed E-state index contributed by atoms with van der Waals surface area (Å²) in [5.74, 6) is -1.21. The van der Waals surface area contributed by atoms with E-state index in [9.17, 15) is 14.7 Å². The number of dihydropyridines is 1. The minimum Gasteiger partial charge on any atom is -0.508 e. The Hall–Kier alpha value is -2.41. The zero-order chi connectivity index (χ0) is 20.4. The van der Waals surface area contributed by atoms with Crippen LogP contribution in [0.2, 0.25) is 5.02 Å². The molecule has 2 atom stereocenters. The van der Waals surface area contributed by atoms with Gasteiger partial charge in [0.15, 0.2) is 11.7 Å². The van der Waals surface area contributed by atoms with Crippen molar-refractivity contribution in [3.05, 3.63) is 40.6 Å². The van der Waals surface area contributed by atoms with E-state index >= 15 is 4.39 Å². The summed E-state index contributed by atoms with van der Waals surface area (Å²) >= 11 is 5.87. The van der Waals surface area contributed by atoms with Gasteiger partial charge in [0.25, 0.3) is 0 Å². The average Bonchev–Trinajstić information content (AvgIpc) is 2.51. The number of aliphatic imine (C=N–C) groups is 1. The smallest absolute Gasteiger partial charge is 0.248 e. The van der Waals surface area contributed by atoms with Crippen LogP contribution in [0.4, 0.5) is 4.39 Å². The molecular weight excluding hydrogens is 373 g/mol. The summed E-state index contributed by atoms with van der Waals surface area (Å²) < 4.78 is 15.3. The van der Waals surface area contributed by atoms with Gasteiger partial charge in [-0.1, -0.05) is 11.6 Å². The number of allylic oxidation sites excluding steroid dienone is 1. The SMILES string of the molecule is CC(C)(C)NC(=O)C1N=CC=C(NC(=O)Cc2cc(Cl)ccc2O)C1(C)F. The fourth-order valence-electron chi connectivity index (χ4n) is 2.63. The second kappa shape index (κ2) is 7.68. The fraction of sp³-hybridized carbons (Fsp3) is 0.421. The Labute approximate surface area is 162 Å². The summed E-state index contributed by atoms with van der Waals surface area (Å²) in [6, 6.07) is 3.01. The van der Waals surface area contributed by atoms with Crippen molar-refractivity contribution in [2.75, 3.05) is 0 Å². The maximum Gasteiger partial charge on any atom is 0.248 e. The lowest BCUT2D eigenvalue weighted by Crippen LogP contribution is -2.55. The van der Waals surface area contributed by atoms with E-state index in [1.807, 2.05) is 0 Å². The highest BCUT2D eigenvalue weighted by molar-refractivity contribution is 6.30. The van der Waals surface area contributed by atoms with Crippen LogP contribution in [-0.4, -0.2) is 40.4 Å². The Morgan fingerprint density at radius 1 is 1.37 bits per heavy atom. The van der Waals surface area contributed by atoms with Crippen molar-refractivity contribution in [1.29, 1.82) is 0 Å². The largest absolute Gasteiger partial charge is 0.508 e. The van der Waals surface area contributed by atoms with Gasteiger partial charge in [0.2, 0.25) is 11.8 Å². The van der Waals surface area contributed by atoms with Gasteiger partial charge in [-0.05, 0) is 52.0 Å². The quantitative estimate of drug-likeness (QED) is 0.732. The first-order chi connectivity index (χ1) is 12.4. The van der Waals surface area contributed by atoms with E-state index in [4.69, 9.17) is 11.6 Å². The second-order valence-electron chi connectivity index (χ2n) is 7.59. The number of nitrogens with one attached hydrogen (secondary N) is 2. The zero-order valence-electron chi connectivity index (χ0n) is 15.6. The number of benzene rings is 1. The molecule has 0 radical (unpaired) electrons. The Kier molecular flexibility index (Phi) is 5.94. The van der Waals surface area contributed by atoms with Crippen LogP contribution in [0.1, 0.15) is 33.3 Å². The lowest BCUT2D eigenvalue weighted by molar-refractivity contribution is -0.127. The molecule has 0 fully saturated rings. The van der Waals surface area contributed by atoms with Gasteiger partial charge in [0.1, 0.15) is 5.75 Å². The zero-order valence-corrected chi connectivity index (χ0v) is 16.4. The summed E-state index contributed by atoms with van der Waals surface area (Å²) in [7, 11) is 0. The van der Waals surface area contributed by atoms with Crippen LogP contribution in [0.3, 0.4) is 0 Å². The van der Waals surface area contributed by atoms with Crippen molar-refractivity contribution >= 4 is 29.6 Å². The number of phenolic OH excluding ortho intramolecular Hbond substituents is 1. The topological polar surface area (TPSA) is 90.8 Å². The summed E-state index contributed by atoms with van der Waals surface area (Å²) in [6.45, 7) is 6.54. The Morgan fingerprint density at radius 2 is 2.04 bits per heavy atom. The molecule has 2 amide bonds. The molecule has 1 aliphatic rings. The lowest BCUT2D eigenvalue weighted by atomic mass is 9.91. The normalized spacial score (nSPS) is 22.1. The minimum absolute atomic E-state index is 0.0712. The van der Waals surface area contributed by atoms with Gasteiger partial charge in [0, 0.05) is 22.3 Å². The molecule has 1 aliphatic heterocycles. The average molecular weight is 396 g/mol. The van der Waals surface area contributed by atoms with Gasteiger partial charge in [-0.25, -0.2) is 4.39 Å². The lowest BCUT2D eigenvalue weighted by Gasteiger charge is -2.33. The molecule has 3 N–H and O–H groups in total. The highest BCUT2D eigenvalue weighted by atomic mass is 35.5. The number of carbonyl (C=O) groups is 2. The third kappa shape index (κ3) is 5.29. The summed E-state index contributed by atoms with van der Waals surface area (Å²) in [4.78, 5) is 28.6. The van der Waals surface area contributed by atoms with Gasteiger partial charge < -0.3 is 15.7 Å². The molecule has 8 heteroatoms. The number of aromatic hydroxyl groups is 1. The number of nitrogens with zero attached hydrogens (tertiary/aromatic N) is 1. The molecule has 1 aromatic carbocycles. The molecule has 1 aromatic rings. The van der Waals surface area contributed by atoms with E-state index in [2.05, 4.69) is 15.6 Å².